The maximum absolute atomic E-state index is 12.9. The van der Waals surface area contributed by atoms with Crippen LogP contribution in [0.25, 0.3) is 11.1 Å². The fourth-order valence-corrected chi connectivity index (χ4v) is 3.42. The van der Waals surface area contributed by atoms with Crippen molar-refractivity contribution >= 4 is 11.8 Å². The molecule has 0 bridgehead atoms. The van der Waals surface area contributed by atoms with E-state index < -0.39 is 0 Å². The number of hydrogen-bond acceptors (Lipinski definition) is 4. The summed E-state index contributed by atoms with van der Waals surface area (Å²) in [6.45, 7) is 1.15. The second-order valence-corrected chi connectivity index (χ2v) is 6.61. The predicted molar refractivity (Wildman–Crippen MR) is 97.2 cm³/mol. The van der Waals surface area contributed by atoms with Gasteiger partial charge in [0.1, 0.15) is 0 Å². The van der Waals surface area contributed by atoms with E-state index in [1.165, 1.54) is 0 Å². The van der Waals surface area contributed by atoms with E-state index in [2.05, 4.69) is 5.10 Å². The van der Waals surface area contributed by atoms with Crippen LogP contribution in [0.15, 0.2) is 36.7 Å². The molecule has 1 aromatic heterocycles. The fraction of sp³-hybridized carbons (Fsp3) is 0.421. The van der Waals surface area contributed by atoms with E-state index in [1.807, 2.05) is 18.3 Å². The van der Waals surface area contributed by atoms with Crippen molar-refractivity contribution in [1.82, 2.24) is 14.7 Å². The fourth-order valence-electron chi connectivity index (χ4n) is 3.42. The second kappa shape index (κ2) is 8.14. The minimum Gasteiger partial charge on any atom is -0.394 e. The first-order chi connectivity index (χ1) is 12.6. The number of aromatic nitrogens is 2. The number of benzene rings is 1. The summed E-state index contributed by atoms with van der Waals surface area (Å²) in [5, 5.41) is 13.2. The average molecular weight is 356 g/mol. The maximum atomic E-state index is 12.9. The first kappa shape index (κ1) is 18.1. The molecule has 7 nitrogen and oxygen atoms in total. The maximum Gasteiger partial charge on any atom is 0.254 e. The molecule has 1 saturated heterocycles. The van der Waals surface area contributed by atoms with E-state index >= 15 is 0 Å². The van der Waals surface area contributed by atoms with Gasteiger partial charge in [-0.3, -0.25) is 14.3 Å². The van der Waals surface area contributed by atoms with E-state index in [9.17, 15) is 9.59 Å². The zero-order valence-electron chi connectivity index (χ0n) is 14.7. The Kier molecular flexibility index (Phi) is 5.68. The van der Waals surface area contributed by atoms with Crippen LogP contribution in [-0.2, 0) is 11.3 Å². The standard InChI is InChI=1S/C19H24N4O3/c20-18(25)11-17-3-1-2-8-23(17)19(26)15-6-4-14(5-7-15)16-12-21-22(13-16)9-10-24/h4-7,12-13,17,24H,1-3,8-11H2,(H2,20,25). The van der Waals surface area contributed by atoms with Gasteiger partial charge >= 0.3 is 0 Å². The molecule has 2 aromatic rings. The number of amides is 2. The number of carbonyl (C=O) groups is 2. The molecule has 0 aliphatic carbocycles. The summed E-state index contributed by atoms with van der Waals surface area (Å²) in [5.41, 5.74) is 7.83. The second-order valence-electron chi connectivity index (χ2n) is 6.61. The number of aliphatic hydroxyl groups excluding tert-OH is 1. The van der Waals surface area contributed by atoms with Crippen molar-refractivity contribution in [2.75, 3.05) is 13.2 Å². The van der Waals surface area contributed by atoms with Gasteiger partial charge in [0.05, 0.1) is 19.3 Å². The van der Waals surface area contributed by atoms with Crippen LogP contribution in [0.2, 0.25) is 0 Å². The van der Waals surface area contributed by atoms with Gasteiger partial charge in [-0.15, -0.1) is 0 Å². The molecular weight excluding hydrogens is 332 g/mol. The number of piperidine rings is 1. The van der Waals surface area contributed by atoms with Crippen molar-refractivity contribution in [3.63, 3.8) is 0 Å². The van der Waals surface area contributed by atoms with E-state index in [-0.39, 0.29) is 30.9 Å². The summed E-state index contributed by atoms with van der Waals surface area (Å²) < 4.78 is 1.68. The lowest BCUT2D eigenvalue weighted by molar-refractivity contribution is -0.119. The zero-order valence-corrected chi connectivity index (χ0v) is 14.7. The number of carbonyl (C=O) groups excluding carboxylic acids is 2. The zero-order chi connectivity index (χ0) is 18.5. The van der Waals surface area contributed by atoms with Gasteiger partial charge in [-0.05, 0) is 37.0 Å². The summed E-state index contributed by atoms with van der Waals surface area (Å²) in [6.07, 6.45) is 6.59. The lowest BCUT2D eigenvalue weighted by atomic mass is 9.97. The molecule has 0 spiro atoms. The SMILES string of the molecule is NC(=O)CC1CCCCN1C(=O)c1ccc(-c2cnn(CCO)c2)cc1. The smallest absolute Gasteiger partial charge is 0.254 e. The first-order valence-corrected chi connectivity index (χ1v) is 8.91. The van der Waals surface area contributed by atoms with Crippen LogP contribution in [-0.4, -0.2) is 50.8 Å². The van der Waals surface area contributed by atoms with Crippen molar-refractivity contribution in [1.29, 1.82) is 0 Å². The molecule has 7 heteroatoms. The Morgan fingerprint density at radius 1 is 1.19 bits per heavy atom. The number of hydrogen-bond donors (Lipinski definition) is 2. The Labute approximate surface area is 152 Å². The molecule has 1 atom stereocenters. The quantitative estimate of drug-likeness (QED) is 0.817. The molecule has 26 heavy (non-hydrogen) atoms. The summed E-state index contributed by atoms with van der Waals surface area (Å²) in [7, 11) is 0. The Morgan fingerprint density at radius 2 is 1.96 bits per heavy atom. The summed E-state index contributed by atoms with van der Waals surface area (Å²) in [5.74, 6) is -0.427. The van der Waals surface area contributed by atoms with Gasteiger partial charge in [-0.1, -0.05) is 12.1 Å². The van der Waals surface area contributed by atoms with Crippen molar-refractivity contribution in [2.24, 2.45) is 5.73 Å². The van der Waals surface area contributed by atoms with E-state index in [1.54, 1.807) is 27.9 Å². The highest BCUT2D eigenvalue weighted by Crippen LogP contribution is 2.24. The van der Waals surface area contributed by atoms with Gasteiger partial charge in [0, 0.05) is 36.3 Å². The third-order valence-electron chi connectivity index (χ3n) is 4.75. The van der Waals surface area contributed by atoms with Crippen molar-refractivity contribution in [2.45, 2.75) is 38.3 Å². The van der Waals surface area contributed by atoms with Gasteiger partial charge in [-0.25, -0.2) is 0 Å². The summed E-state index contributed by atoms with van der Waals surface area (Å²) in [4.78, 5) is 25.9. The predicted octanol–water partition coefficient (Wildman–Crippen LogP) is 1.41. The van der Waals surface area contributed by atoms with Gasteiger partial charge in [0.2, 0.25) is 5.91 Å². The highest BCUT2D eigenvalue weighted by atomic mass is 16.3. The molecule has 0 radical (unpaired) electrons. The molecule has 3 N–H and O–H groups in total. The number of aliphatic hydroxyl groups is 1. The third kappa shape index (κ3) is 4.11. The molecule has 138 valence electrons. The Hall–Kier alpha value is -2.67. The third-order valence-corrected chi connectivity index (χ3v) is 4.75. The monoisotopic (exact) mass is 356 g/mol. The molecule has 2 amide bonds. The van der Waals surface area contributed by atoms with Gasteiger partial charge in [-0.2, -0.15) is 5.10 Å². The molecule has 1 unspecified atom stereocenters. The van der Waals surface area contributed by atoms with Crippen molar-refractivity contribution in [3.05, 3.63) is 42.2 Å². The Bertz CT molecular complexity index is 769. The summed E-state index contributed by atoms with van der Waals surface area (Å²) in [6, 6.07) is 7.28. The molecule has 1 fully saturated rings. The van der Waals surface area contributed by atoms with Crippen LogP contribution in [0.4, 0.5) is 0 Å². The van der Waals surface area contributed by atoms with Gasteiger partial charge < -0.3 is 15.7 Å². The van der Waals surface area contributed by atoms with Crippen LogP contribution < -0.4 is 5.73 Å². The number of nitrogens with zero attached hydrogens (tertiary/aromatic N) is 3. The topological polar surface area (TPSA) is 101 Å². The molecule has 1 aliphatic rings. The van der Waals surface area contributed by atoms with Crippen LogP contribution in [0.3, 0.4) is 0 Å². The molecule has 1 aliphatic heterocycles. The average Bonchev–Trinajstić information content (AvgIpc) is 3.10. The van der Waals surface area contributed by atoms with Crippen LogP contribution in [0, 0.1) is 0 Å². The lowest BCUT2D eigenvalue weighted by Crippen LogP contribution is -2.45. The van der Waals surface area contributed by atoms with Gasteiger partial charge in [0.15, 0.2) is 0 Å². The van der Waals surface area contributed by atoms with E-state index in [0.29, 0.717) is 18.7 Å². The Morgan fingerprint density at radius 3 is 2.65 bits per heavy atom. The number of nitrogens with two attached hydrogens (primary N) is 1. The largest absolute Gasteiger partial charge is 0.394 e. The highest BCUT2D eigenvalue weighted by Gasteiger charge is 2.28. The number of likely N-dealkylation sites (tertiary alicyclic amines) is 1. The number of rotatable bonds is 6. The minimum absolute atomic E-state index is 0.0386. The highest BCUT2D eigenvalue weighted by molar-refractivity contribution is 5.95. The normalized spacial score (nSPS) is 17.3. The summed E-state index contributed by atoms with van der Waals surface area (Å²) >= 11 is 0. The van der Waals surface area contributed by atoms with Crippen molar-refractivity contribution in [3.8, 4) is 11.1 Å². The number of primary amides is 1. The molecular formula is C19H24N4O3. The lowest BCUT2D eigenvalue weighted by Gasteiger charge is -2.35. The van der Waals surface area contributed by atoms with Crippen LogP contribution >= 0.6 is 0 Å². The molecule has 1 aromatic carbocycles. The van der Waals surface area contributed by atoms with E-state index in [4.69, 9.17) is 10.8 Å². The van der Waals surface area contributed by atoms with E-state index in [0.717, 1.165) is 30.4 Å². The molecule has 2 heterocycles. The first-order valence-electron chi connectivity index (χ1n) is 8.91. The van der Waals surface area contributed by atoms with Gasteiger partial charge in [0.25, 0.3) is 5.91 Å². The Balaban J connectivity index is 1.74. The van der Waals surface area contributed by atoms with Crippen LogP contribution in [0.1, 0.15) is 36.0 Å². The van der Waals surface area contributed by atoms with Crippen LogP contribution in [0.5, 0.6) is 0 Å². The molecule has 0 saturated carbocycles. The molecule has 3 rings (SSSR count). The van der Waals surface area contributed by atoms with Crippen molar-refractivity contribution < 1.29 is 14.7 Å². The minimum atomic E-state index is -0.370.